The smallest absolute Gasteiger partial charge is 0.115 e. The van der Waals surface area contributed by atoms with Gasteiger partial charge in [-0.25, -0.2) is 0 Å². The minimum atomic E-state index is 0.357. The summed E-state index contributed by atoms with van der Waals surface area (Å²) in [4.78, 5) is 0. The SMILES string of the molecule is NC[C@@H]1C[C@H]1c1cccc(O)c1. The van der Waals surface area contributed by atoms with Crippen molar-refractivity contribution in [2.45, 2.75) is 12.3 Å². The molecule has 1 aliphatic rings. The largest absolute Gasteiger partial charge is 0.508 e. The van der Waals surface area contributed by atoms with Gasteiger partial charge in [-0.1, -0.05) is 12.1 Å². The first-order valence-electron chi connectivity index (χ1n) is 4.30. The molecular weight excluding hydrogens is 150 g/mol. The molecule has 0 radical (unpaired) electrons. The topological polar surface area (TPSA) is 46.2 Å². The normalized spacial score (nSPS) is 27.1. The summed E-state index contributed by atoms with van der Waals surface area (Å²) in [6, 6.07) is 7.47. The molecule has 1 aromatic carbocycles. The second-order valence-corrected chi connectivity index (χ2v) is 3.43. The molecule has 1 aromatic rings. The third kappa shape index (κ3) is 1.30. The van der Waals surface area contributed by atoms with Crippen molar-refractivity contribution in [1.29, 1.82) is 0 Å². The lowest BCUT2D eigenvalue weighted by molar-refractivity contribution is 0.474. The zero-order valence-corrected chi connectivity index (χ0v) is 6.90. The molecule has 1 saturated carbocycles. The summed E-state index contributed by atoms with van der Waals surface area (Å²) in [7, 11) is 0. The minimum absolute atomic E-state index is 0.357. The van der Waals surface area contributed by atoms with Crippen LogP contribution in [0.1, 0.15) is 17.9 Å². The van der Waals surface area contributed by atoms with Gasteiger partial charge in [-0.15, -0.1) is 0 Å². The molecule has 1 aliphatic carbocycles. The highest BCUT2D eigenvalue weighted by Crippen LogP contribution is 2.47. The molecule has 12 heavy (non-hydrogen) atoms. The molecular formula is C10H13NO. The highest BCUT2D eigenvalue weighted by Gasteiger charge is 2.36. The fourth-order valence-electron chi connectivity index (χ4n) is 1.67. The van der Waals surface area contributed by atoms with Crippen LogP contribution in [0, 0.1) is 5.92 Å². The lowest BCUT2D eigenvalue weighted by atomic mass is 10.1. The quantitative estimate of drug-likeness (QED) is 0.693. The summed E-state index contributed by atoms with van der Waals surface area (Å²) in [5.74, 6) is 1.60. The maximum absolute atomic E-state index is 9.22. The first kappa shape index (κ1) is 7.62. The third-order valence-corrected chi connectivity index (χ3v) is 2.52. The second kappa shape index (κ2) is 2.79. The minimum Gasteiger partial charge on any atom is -0.508 e. The Kier molecular flexibility index (Phi) is 1.77. The number of phenols is 1. The molecule has 2 atom stereocenters. The fourth-order valence-corrected chi connectivity index (χ4v) is 1.67. The van der Waals surface area contributed by atoms with Gasteiger partial charge in [-0.3, -0.25) is 0 Å². The summed E-state index contributed by atoms with van der Waals surface area (Å²) >= 11 is 0. The predicted octanol–water partition coefficient (Wildman–Crippen LogP) is 1.45. The van der Waals surface area contributed by atoms with Crippen LogP contribution >= 0.6 is 0 Å². The molecule has 64 valence electrons. The fraction of sp³-hybridized carbons (Fsp3) is 0.400. The Hall–Kier alpha value is -1.02. The van der Waals surface area contributed by atoms with E-state index < -0.39 is 0 Å². The first-order chi connectivity index (χ1) is 5.81. The van der Waals surface area contributed by atoms with E-state index in [-0.39, 0.29) is 0 Å². The average molecular weight is 163 g/mol. The van der Waals surface area contributed by atoms with Crippen molar-refractivity contribution >= 4 is 0 Å². The van der Waals surface area contributed by atoms with E-state index in [0.29, 0.717) is 17.6 Å². The van der Waals surface area contributed by atoms with E-state index in [1.165, 1.54) is 12.0 Å². The van der Waals surface area contributed by atoms with E-state index in [0.717, 1.165) is 6.54 Å². The first-order valence-corrected chi connectivity index (χ1v) is 4.30. The standard InChI is InChI=1S/C10H13NO/c11-6-8-5-10(8)7-2-1-3-9(12)4-7/h1-4,8,10,12H,5-6,11H2/t8-,10-/m0/s1. The van der Waals surface area contributed by atoms with Crippen LogP contribution in [0.25, 0.3) is 0 Å². The molecule has 2 rings (SSSR count). The van der Waals surface area contributed by atoms with Crippen LogP contribution in [-0.2, 0) is 0 Å². The van der Waals surface area contributed by atoms with Crippen molar-refractivity contribution in [3.05, 3.63) is 29.8 Å². The van der Waals surface area contributed by atoms with Crippen molar-refractivity contribution in [2.75, 3.05) is 6.54 Å². The van der Waals surface area contributed by atoms with E-state index >= 15 is 0 Å². The Morgan fingerprint density at radius 1 is 1.50 bits per heavy atom. The highest BCUT2D eigenvalue weighted by atomic mass is 16.3. The van der Waals surface area contributed by atoms with Crippen LogP contribution in [0.2, 0.25) is 0 Å². The molecule has 2 nitrogen and oxygen atoms in total. The van der Waals surface area contributed by atoms with Crippen molar-refractivity contribution < 1.29 is 5.11 Å². The van der Waals surface area contributed by atoms with E-state index in [9.17, 15) is 5.11 Å². The van der Waals surface area contributed by atoms with Gasteiger partial charge in [0.2, 0.25) is 0 Å². The van der Waals surface area contributed by atoms with Crippen LogP contribution in [0.3, 0.4) is 0 Å². The number of hydrogen-bond acceptors (Lipinski definition) is 2. The molecule has 0 heterocycles. The summed E-state index contributed by atoms with van der Waals surface area (Å²) < 4.78 is 0. The Bertz CT molecular complexity index is 285. The van der Waals surface area contributed by atoms with Crippen LogP contribution < -0.4 is 5.73 Å². The molecule has 0 saturated heterocycles. The lowest BCUT2D eigenvalue weighted by Crippen LogP contribution is -2.01. The molecule has 0 bridgehead atoms. The van der Waals surface area contributed by atoms with Gasteiger partial charge in [0.05, 0.1) is 0 Å². The monoisotopic (exact) mass is 163 g/mol. The number of benzene rings is 1. The number of phenolic OH excluding ortho intramolecular Hbond substituents is 1. The summed E-state index contributed by atoms with van der Waals surface area (Å²) in [6.45, 7) is 0.764. The zero-order valence-electron chi connectivity index (χ0n) is 6.90. The molecule has 0 spiro atoms. The van der Waals surface area contributed by atoms with E-state index in [2.05, 4.69) is 6.07 Å². The summed E-state index contributed by atoms with van der Waals surface area (Å²) in [5, 5.41) is 9.22. The van der Waals surface area contributed by atoms with Crippen molar-refractivity contribution in [3.8, 4) is 5.75 Å². The lowest BCUT2D eigenvalue weighted by Gasteiger charge is -1.99. The van der Waals surface area contributed by atoms with Crippen molar-refractivity contribution in [3.63, 3.8) is 0 Å². The molecule has 2 heteroatoms. The maximum Gasteiger partial charge on any atom is 0.115 e. The maximum atomic E-state index is 9.22. The molecule has 0 aliphatic heterocycles. The average Bonchev–Trinajstić information content (AvgIpc) is 2.83. The van der Waals surface area contributed by atoms with Gasteiger partial charge < -0.3 is 10.8 Å². The van der Waals surface area contributed by atoms with Crippen molar-refractivity contribution in [2.24, 2.45) is 11.7 Å². The van der Waals surface area contributed by atoms with Crippen LogP contribution in [0.5, 0.6) is 5.75 Å². The van der Waals surface area contributed by atoms with Crippen LogP contribution in [-0.4, -0.2) is 11.7 Å². The van der Waals surface area contributed by atoms with Gasteiger partial charge in [-0.05, 0) is 42.5 Å². The molecule has 0 amide bonds. The highest BCUT2D eigenvalue weighted by molar-refractivity contribution is 5.33. The Morgan fingerprint density at radius 2 is 2.33 bits per heavy atom. The van der Waals surface area contributed by atoms with Gasteiger partial charge >= 0.3 is 0 Å². The zero-order chi connectivity index (χ0) is 8.55. The Morgan fingerprint density at radius 3 is 2.92 bits per heavy atom. The Balaban J connectivity index is 2.14. The molecule has 0 unspecified atom stereocenters. The number of nitrogens with two attached hydrogens (primary N) is 1. The van der Waals surface area contributed by atoms with E-state index in [1.54, 1.807) is 6.07 Å². The van der Waals surface area contributed by atoms with E-state index in [4.69, 9.17) is 5.73 Å². The number of aromatic hydroxyl groups is 1. The van der Waals surface area contributed by atoms with E-state index in [1.807, 2.05) is 12.1 Å². The van der Waals surface area contributed by atoms with Crippen LogP contribution in [0.15, 0.2) is 24.3 Å². The summed E-state index contributed by atoms with van der Waals surface area (Å²) in [6.07, 6.45) is 1.18. The van der Waals surface area contributed by atoms with Gasteiger partial charge in [0, 0.05) is 0 Å². The van der Waals surface area contributed by atoms with Gasteiger partial charge in [0.25, 0.3) is 0 Å². The molecule has 1 fully saturated rings. The molecule has 0 aromatic heterocycles. The van der Waals surface area contributed by atoms with Gasteiger partial charge in [0.1, 0.15) is 5.75 Å². The molecule has 3 N–H and O–H groups in total. The number of hydrogen-bond donors (Lipinski definition) is 2. The van der Waals surface area contributed by atoms with Gasteiger partial charge in [-0.2, -0.15) is 0 Å². The predicted molar refractivity (Wildman–Crippen MR) is 48.0 cm³/mol. The van der Waals surface area contributed by atoms with Crippen molar-refractivity contribution in [1.82, 2.24) is 0 Å². The third-order valence-electron chi connectivity index (χ3n) is 2.52. The summed E-state index contributed by atoms with van der Waals surface area (Å²) in [5.41, 5.74) is 6.76. The van der Waals surface area contributed by atoms with Crippen LogP contribution in [0.4, 0.5) is 0 Å². The second-order valence-electron chi connectivity index (χ2n) is 3.43. The van der Waals surface area contributed by atoms with Gasteiger partial charge in [0.15, 0.2) is 0 Å². The number of rotatable bonds is 2. The Labute approximate surface area is 72.0 Å².